The van der Waals surface area contributed by atoms with E-state index >= 15 is 0 Å². The maximum absolute atomic E-state index is 5.46. The lowest BCUT2D eigenvalue weighted by molar-refractivity contribution is 0.262. The molecule has 1 aliphatic heterocycles. The minimum absolute atomic E-state index is 0.614. The predicted molar refractivity (Wildman–Crippen MR) is 157 cm³/mol. The number of benzene rings is 2. The van der Waals surface area contributed by atoms with Crippen LogP contribution in [0.15, 0.2) is 36.4 Å². The molecular formula is C31H44N2O6. The van der Waals surface area contributed by atoms with E-state index in [4.69, 9.17) is 28.4 Å². The molecule has 3 rings (SSSR count). The number of ether oxygens (including phenoxy) is 6. The molecule has 0 unspecified atom stereocenters. The molecule has 0 amide bonds. The summed E-state index contributed by atoms with van der Waals surface area (Å²) in [4.78, 5) is 5.12. The van der Waals surface area contributed by atoms with Gasteiger partial charge < -0.3 is 38.2 Å². The first-order valence-corrected chi connectivity index (χ1v) is 13.4. The van der Waals surface area contributed by atoms with Crippen LogP contribution in [0.5, 0.6) is 34.5 Å². The third-order valence-corrected chi connectivity index (χ3v) is 6.90. The van der Waals surface area contributed by atoms with Gasteiger partial charge in [0.25, 0.3) is 0 Å². The highest BCUT2D eigenvalue weighted by atomic mass is 16.5. The van der Waals surface area contributed by atoms with Gasteiger partial charge in [-0.3, -0.25) is 0 Å². The molecule has 2 aromatic carbocycles. The first-order valence-electron chi connectivity index (χ1n) is 13.4. The molecule has 8 nitrogen and oxygen atoms in total. The number of hydrogen-bond donors (Lipinski definition) is 0. The quantitative estimate of drug-likeness (QED) is 0.322. The van der Waals surface area contributed by atoms with Crippen molar-refractivity contribution in [2.45, 2.75) is 19.3 Å². The van der Waals surface area contributed by atoms with Crippen LogP contribution in [0.3, 0.4) is 0 Å². The topological polar surface area (TPSA) is 61.9 Å². The maximum atomic E-state index is 5.46. The van der Waals surface area contributed by atoms with E-state index in [9.17, 15) is 0 Å². The van der Waals surface area contributed by atoms with Crippen molar-refractivity contribution < 1.29 is 28.4 Å². The Labute approximate surface area is 233 Å². The van der Waals surface area contributed by atoms with Gasteiger partial charge in [-0.05, 0) is 67.7 Å². The van der Waals surface area contributed by atoms with Crippen molar-refractivity contribution in [1.29, 1.82) is 0 Å². The SMILES string of the molecule is COc1cc(/C=C/CCN2CCCN(CC/C=C/c3cc(OC)c(OC)c(OC)c3)CC2)cc(OC)c1OC. The van der Waals surface area contributed by atoms with Gasteiger partial charge >= 0.3 is 0 Å². The van der Waals surface area contributed by atoms with Crippen LogP contribution in [0.1, 0.15) is 30.4 Å². The monoisotopic (exact) mass is 540 g/mol. The van der Waals surface area contributed by atoms with Gasteiger partial charge in [-0.15, -0.1) is 0 Å². The molecule has 39 heavy (non-hydrogen) atoms. The first-order chi connectivity index (χ1) is 19.1. The Morgan fingerprint density at radius 3 is 1.21 bits per heavy atom. The molecule has 1 fully saturated rings. The Bertz CT molecular complexity index is 965. The average molecular weight is 541 g/mol. The number of methoxy groups -OCH3 is 6. The molecule has 0 radical (unpaired) electrons. The van der Waals surface area contributed by atoms with E-state index in [1.807, 2.05) is 24.3 Å². The molecule has 0 aromatic heterocycles. The molecule has 0 aliphatic carbocycles. The van der Waals surface area contributed by atoms with Crippen molar-refractivity contribution in [3.8, 4) is 34.5 Å². The van der Waals surface area contributed by atoms with Gasteiger partial charge in [0.05, 0.1) is 42.7 Å². The Morgan fingerprint density at radius 1 is 0.538 bits per heavy atom. The van der Waals surface area contributed by atoms with Crippen LogP contribution in [-0.2, 0) is 0 Å². The summed E-state index contributed by atoms with van der Waals surface area (Å²) in [5.41, 5.74) is 2.07. The second-order valence-electron chi connectivity index (χ2n) is 9.34. The lowest BCUT2D eigenvalue weighted by atomic mass is 10.1. The molecule has 8 heteroatoms. The third kappa shape index (κ3) is 8.57. The fourth-order valence-electron chi connectivity index (χ4n) is 4.82. The number of hydrogen-bond acceptors (Lipinski definition) is 8. The van der Waals surface area contributed by atoms with Gasteiger partial charge in [-0.25, -0.2) is 0 Å². The average Bonchev–Trinajstić information content (AvgIpc) is 3.21. The molecule has 1 heterocycles. The fourth-order valence-corrected chi connectivity index (χ4v) is 4.82. The van der Waals surface area contributed by atoms with E-state index in [0.717, 1.165) is 63.2 Å². The molecule has 1 saturated heterocycles. The van der Waals surface area contributed by atoms with Gasteiger partial charge in [-0.2, -0.15) is 0 Å². The van der Waals surface area contributed by atoms with Gasteiger partial charge in [0.15, 0.2) is 23.0 Å². The summed E-state index contributed by atoms with van der Waals surface area (Å²) in [6.45, 7) is 6.56. The van der Waals surface area contributed by atoms with Crippen molar-refractivity contribution >= 4 is 12.2 Å². The van der Waals surface area contributed by atoms with Gasteiger partial charge in [0, 0.05) is 26.2 Å². The Morgan fingerprint density at radius 2 is 0.897 bits per heavy atom. The largest absolute Gasteiger partial charge is 0.493 e. The Kier molecular flexibility index (Phi) is 12.3. The number of nitrogens with zero attached hydrogens (tertiary/aromatic N) is 2. The minimum Gasteiger partial charge on any atom is -0.493 e. The molecule has 0 bridgehead atoms. The van der Waals surface area contributed by atoms with Crippen LogP contribution in [0.2, 0.25) is 0 Å². The van der Waals surface area contributed by atoms with Gasteiger partial charge in [0.1, 0.15) is 0 Å². The van der Waals surface area contributed by atoms with Crippen LogP contribution < -0.4 is 28.4 Å². The summed E-state index contributed by atoms with van der Waals surface area (Å²) in [5.74, 6) is 3.90. The lowest BCUT2D eigenvalue weighted by Crippen LogP contribution is -2.31. The highest BCUT2D eigenvalue weighted by molar-refractivity contribution is 5.63. The molecule has 1 aliphatic rings. The van der Waals surface area contributed by atoms with Crippen LogP contribution in [0.25, 0.3) is 12.2 Å². The summed E-state index contributed by atoms with van der Waals surface area (Å²) in [6, 6.07) is 7.88. The van der Waals surface area contributed by atoms with Crippen LogP contribution in [0.4, 0.5) is 0 Å². The highest BCUT2D eigenvalue weighted by Crippen LogP contribution is 2.39. The van der Waals surface area contributed by atoms with E-state index in [0.29, 0.717) is 34.5 Å². The van der Waals surface area contributed by atoms with Crippen LogP contribution in [-0.4, -0.2) is 91.7 Å². The summed E-state index contributed by atoms with van der Waals surface area (Å²) in [6.07, 6.45) is 11.9. The fraction of sp³-hybridized carbons (Fsp3) is 0.484. The summed E-state index contributed by atoms with van der Waals surface area (Å²) in [5, 5.41) is 0. The molecule has 0 N–H and O–H groups in total. The van der Waals surface area contributed by atoms with Gasteiger partial charge in [0.2, 0.25) is 11.5 Å². The van der Waals surface area contributed by atoms with Crippen molar-refractivity contribution in [3.05, 3.63) is 47.5 Å². The maximum Gasteiger partial charge on any atom is 0.203 e. The molecule has 214 valence electrons. The summed E-state index contributed by atoms with van der Waals surface area (Å²) >= 11 is 0. The third-order valence-electron chi connectivity index (χ3n) is 6.90. The van der Waals surface area contributed by atoms with Crippen molar-refractivity contribution in [1.82, 2.24) is 9.80 Å². The molecule has 2 aromatic rings. The lowest BCUT2D eigenvalue weighted by Gasteiger charge is -2.21. The van der Waals surface area contributed by atoms with E-state index < -0.39 is 0 Å². The molecular weight excluding hydrogens is 496 g/mol. The van der Waals surface area contributed by atoms with Crippen molar-refractivity contribution in [2.24, 2.45) is 0 Å². The zero-order valence-corrected chi connectivity index (χ0v) is 24.3. The van der Waals surface area contributed by atoms with E-state index in [2.05, 4.69) is 34.1 Å². The molecule has 0 spiro atoms. The summed E-state index contributed by atoms with van der Waals surface area (Å²) in [7, 11) is 9.79. The van der Waals surface area contributed by atoms with E-state index in [-0.39, 0.29) is 0 Å². The smallest absolute Gasteiger partial charge is 0.203 e. The minimum atomic E-state index is 0.614. The molecule has 0 atom stereocenters. The zero-order chi connectivity index (χ0) is 28.0. The normalized spacial score (nSPS) is 14.9. The van der Waals surface area contributed by atoms with Crippen molar-refractivity contribution in [2.75, 3.05) is 81.9 Å². The summed E-state index contributed by atoms with van der Waals surface area (Å²) < 4.78 is 32.7. The van der Waals surface area contributed by atoms with E-state index in [1.165, 1.54) is 6.42 Å². The Hall–Kier alpha value is -3.36. The van der Waals surface area contributed by atoms with Crippen LogP contribution >= 0.6 is 0 Å². The first kappa shape index (κ1) is 30.2. The second kappa shape index (κ2) is 15.9. The molecule has 0 saturated carbocycles. The standard InChI is InChI=1S/C31H44N2O6/c1-34-26-20-24(21-27(35-2)30(26)38-5)12-7-9-14-32-16-11-17-33(19-18-32)15-10-8-13-25-22-28(36-3)31(39-6)29(23-25)37-4/h7-8,12-13,20-23H,9-11,14-19H2,1-6H3/b12-7+,13-8+. The predicted octanol–water partition coefficient (Wildman–Crippen LogP) is 5.25. The Balaban J connectivity index is 1.44. The second-order valence-corrected chi connectivity index (χ2v) is 9.34. The van der Waals surface area contributed by atoms with Gasteiger partial charge in [-0.1, -0.05) is 24.3 Å². The highest BCUT2D eigenvalue weighted by Gasteiger charge is 2.15. The van der Waals surface area contributed by atoms with Crippen LogP contribution in [0, 0.1) is 0 Å². The number of rotatable bonds is 14. The zero-order valence-electron chi connectivity index (χ0n) is 24.3. The van der Waals surface area contributed by atoms with E-state index in [1.54, 1.807) is 42.7 Å². The van der Waals surface area contributed by atoms with Crippen molar-refractivity contribution in [3.63, 3.8) is 0 Å².